The van der Waals surface area contributed by atoms with Crippen molar-refractivity contribution >= 4 is 34.4 Å². The summed E-state index contributed by atoms with van der Waals surface area (Å²) in [6, 6.07) is 10.8. The van der Waals surface area contributed by atoms with Crippen molar-refractivity contribution in [3.8, 4) is 0 Å². The van der Waals surface area contributed by atoms with Gasteiger partial charge < -0.3 is 15.4 Å². The van der Waals surface area contributed by atoms with E-state index in [0.29, 0.717) is 18.7 Å². The van der Waals surface area contributed by atoms with Gasteiger partial charge in [0.2, 0.25) is 0 Å². The van der Waals surface area contributed by atoms with Gasteiger partial charge in [0.25, 0.3) is 10.4 Å². The number of hydrogen-bond acceptors (Lipinski definition) is 4. The summed E-state index contributed by atoms with van der Waals surface area (Å²) in [6.07, 6.45) is 2.00. The fourth-order valence-corrected chi connectivity index (χ4v) is 3.23. The molecule has 0 saturated carbocycles. The first kappa shape index (κ1) is 23.7. The summed E-state index contributed by atoms with van der Waals surface area (Å²) in [7, 11) is 0. The summed E-state index contributed by atoms with van der Waals surface area (Å²) in [5.74, 6) is 0.753. The molecule has 0 aliphatic rings. The third kappa shape index (κ3) is 10.3. The topological polar surface area (TPSA) is 55.6 Å². The fraction of sp³-hybridized carbons (Fsp3) is 0.579. The number of nitrogens with zero attached hydrogens (tertiary/aromatic N) is 1. The molecule has 1 rings (SSSR count). The maximum absolute atomic E-state index is 12.4. The van der Waals surface area contributed by atoms with E-state index in [1.807, 2.05) is 30.0 Å². The van der Waals surface area contributed by atoms with Gasteiger partial charge in [-0.1, -0.05) is 55.9 Å². The maximum Gasteiger partial charge on any atom is 0.282 e. The molecule has 2 unspecified atom stereocenters. The number of benzene rings is 1. The molecule has 0 heterocycles. The number of hydrogen-bond donors (Lipinski definition) is 1. The van der Waals surface area contributed by atoms with Gasteiger partial charge in [-0.3, -0.25) is 4.79 Å². The second kappa shape index (κ2) is 14.0. The van der Waals surface area contributed by atoms with E-state index in [9.17, 15) is 4.79 Å². The Kier molecular flexibility index (Phi) is 13.2. The van der Waals surface area contributed by atoms with E-state index in [2.05, 4.69) is 56.8 Å². The van der Waals surface area contributed by atoms with Crippen molar-refractivity contribution in [2.45, 2.75) is 65.3 Å². The molecule has 1 aromatic rings. The predicted octanol–water partition coefficient (Wildman–Crippen LogP) is 5.21. The van der Waals surface area contributed by atoms with E-state index in [1.165, 1.54) is 17.3 Å². The standard InChI is InChI=1S/C16H25NOS.C3H7NOS/c1-5-13(3)17(14(4)6-2)16(18)19-12-15-10-8-7-9-11-15;1-2-5-3(4)6/h7-11,13-14H,5-6,12H2,1-4H3;2H2,1H3,(H2,4,6). The van der Waals surface area contributed by atoms with Crippen LogP contribution in [0.2, 0.25) is 0 Å². The molecule has 1 aromatic carbocycles. The minimum Gasteiger partial charge on any atom is -0.472 e. The highest BCUT2D eigenvalue weighted by molar-refractivity contribution is 8.12. The predicted molar refractivity (Wildman–Crippen MR) is 113 cm³/mol. The lowest BCUT2D eigenvalue weighted by Gasteiger charge is -2.33. The van der Waals surface area contributed by atoms with E-state index < -0.39 is 0 Å². The van der Waals surface area contributed by atoms with E-state index in [0.717, 1.165) is 18.6 Å². The van der Waals surface area contributed by atoms with Crippen molar-refractivity contribution in [3.05, 3.63) is 35.9 Å². The normalized spacial score (nSPS) is 12.4. The minimum atomic E-state index is 0.123. The SMILES string of the molecule is CCC(C)N(C(=O)SCc1ccccc1)C(C)CC.CCOC(N)=S. The van der Waals surface area contributed by atoms with Crippen LogP contribution in [0.5, 0.6) is 0 Å². The molecule has 4 nitrogen and oxygen atoms in total. The van der Waals surface area contributed by atoms with Crippen LogP contribution >= 0.6 is 24.0 Å². The van der Waals surface area contributed by atoms with Crippen molar-refractivity contribution in [1.82, 2.24) is 4.90 Å². The Balaban J connectivity index is 0.000000823. The number of carbonyl (C=O) groups excluding carboxylic acids is 1. The van der Waals surface area contributed by atoms with Gasteiger partial charge in [0.05, 0.1) is 6.61 Å². The molecular weight excluding hydrogens is 352 g/mol. The molecule has 6 heteroatoms. The number of rotatable bonds is 7. The molecule has 0 aliphatic carbocycles. The molecule has 142 valence electrons. The smallest absolute Gasteiger partial charge is 0.282 e. The fourth-order valence-electron chi connectivity index (χ4n) is 2.12. The third-order valence-corrected chi connectivity index (χ3v) is 4.89. The van der Waals surface area contributed by atoms with Crippen molar-refractivity contribution in [3.63, 3.8) is 0 Å². The van der Waals surface area contributed by atoms with Crippen LogP contribution in [-0.4, -0.2) is 34.0 Å². The molecule has 0 fully saturated rings. The Morgan fingerprint density at radius 1 is 1.16 bits per heavy atom. The summed E-state index contributed by atoms with van der Waals surface area (Å²) in [4.78, 5) is 14.4. The van der Waals surface area contributed by atoms with Crippen molar-refractivity contribution in [2.75, 3.05) is 6.61 Å². The molecule has 0 saturated heterocycles. The molecule has 1 amide bonds. The second-order valence-electron chi connectivity index (χ2n) is 5.71. The number of thioether (sulfide) groups is 1. The number of carbonyl (C=O) groups is 1. The molecular formula is C19H32N2O2S2. The van der Waals surface area contributed by atoms with E-state index in [1.54, 1.807) is 0 Å². The number of amides is 1. The van der Waals surface area contributed by atoms with Gasteiger partial charge in [-0.15, -0.1) is 0 Å². The van der Waals surface area contributed by atoms with E-state index >= 15 is 0 Å². The second-order valence-corrected chi connectivity index (χ2v) is 7.04. The van der Waals surface area contributed by atoms with Crippen molar-refractivity contribution in [2.24, 2.45) is 5.73 Å². The Morgan fingerprint density at radius 2 is 1.68 bits per heavy atom. The number of nitrogens with two attached hydrogens (primary N) is 1. The first-order valence-corrected chi connectivity index (χ1v) is 10.2. The Hall–Kier alpha value is -1.27. The molecule has 2 atom stereocenters. The van der Waals surface area contributed by atoms with Crippen LogP contribution in [-0.2, 0) is 10.5 Å². The lowest BCUT2D eigenvalue weighted by molar-refractivity contribution is 0.173. The summed E-state index contributed by atoms with van der Waals surface area (Å²) in [6.45, 7) is 10.9. The van der Waals surface area contributed by atoms with Crippen LogP contribution in [0.15, 0.2) is 30.3 Å². The van der Waals surface area contributed by atoms with Crippen LogP contribution in [0.25, 0.3) is 0 Å². The Labute approximate surface area is 162 Å². The van der Waals surface area contributed by atoms with Gasteiger partial charge in [0.15, 0.2) is 0 Å². The molecule has 0 aliphatic heterocycles. The molecule has 2 N–H and O–H groups in total. The first-order valence-electron chi connectivity index (χ1n) is 8.78. The van der Waals surface area contributed by atoms with Gasteiger partial charge in [0.1, 0.15) is 0 Å². The maximum atomic E-state index is 12.4. The summed E-state index contributed by atoms with van der Waals surface area (Å²) in [5, 5.41) is 0.324. The average molecular weight is 385 g/mol. The summed E-state index contributed by atoms with van der Waals surface area (Å²) in [5.41, 5.74) is 6.12. The van der Waals surface area contributed by atoms with Crippen LogP contribution in [0.3, 0.4) is 0 Å². The minimum absolute atomic E-state index is 0.123. The zero-order chi connectivity index (χ0) is 19.2. The molecule has 0 spiro atoms. The van der Waals surface area contributed by atoms with Gasteiger partial charge in [-0.25, -0.2) is 0 Å². The monoisotopic (exact) mass is 384 g/mol. The zero-order valence-electron chi connectivity index (χ0n) is 16.0. The Bertz CT molecular complexity index is 487. The van der Waals surface area contributed by atoms with Crippen molar-refractivity contribution in [1.29, 1.82) is 0 Å². The van der Waals surface area contributed by atoms with Gasteiger partial charge in [-0.05, 0) is 51.4 Å². The highest BCUT2D eigenvalue weighted by Crippen LogP contribution is 2.22. The third-order valence-electron chi connectivity index (χ3n) is 3.83. The van der Waals surface area contributed by atoms with E-state index in [-0.39, 0.29) is 10.4 Å². The average Bonchev–Trinajstić information content (AvgIpc) is 2.61. The lowest BCUT2D eigenvalue weighted by atomic mass is 10.1. The van der Waals surface area contributed by atoms with Crippen LogP contribution in [0, 0.1) is 0 Å². The first-order chi connectivity index (χ1) is 11.9. The van der Waals surface area contributed by atoms with Crippen LogP contribution in [0.4, 0.5) is 4.79 Å². The summed E-state index contributed by atoms with van der Waals surface area (Å²) < 4.78 is 4.55. The largest absolute Gasteiger partial charge is 0.472 e. The molecule has 0 bridgehead atoms. The molecule has 25 heavy (non-hydrogen) atoms. The van der Waals surface area contributed by atoms with Gasteiger partial charge in [0, 0.05) is 17.8 Å². The van der Waals surface area contributed by atoms with Gasteiger partial charge >= 0.3 is 0 Å². The lowest BCUT2D eigenvalue weighted by Crippen LogP contribution is -2.42. The highest BCUT2D eigenvalue weighted by Gasteiger charge is 2.23. The highest BCUT2D eigenvalue weighted by atomic mass is 32.2. The van der Waals surface area contributed by atoms with Gasteiger partial charge in [-0.2, -0.15) is 0 Å². The molecule has 0 radical (unpaired) electrons. The zero-order valence-corrected chi connectivity index (χ0v) is 17.7. The Morgan fingerprint density at radius 3 is 2.04 bits per heavy atom. The van der Waals surface area contributed by atoms with Crippen LogP contribution in [0.1, 0.15) is 53.0 Å². The number of ether oxygens (including phenoxy) is 1. The number of thiocarbonyl (C=S) groups is 1. The quantitative estimate of drug-likeness (QED) is 0.654. The van der Waals surface area contributed by atoms with Crippen molar-refractivity contribution < 1.29 is 9.53 Å². The molecule has 0 aromatic heterocycles. The van der Waals surface area contributed by atoms with Crippen LogP contribution < -0.4 is 5.73 Å². The summed E-state index contributed by atoms with van der Waals surface area (Å²) >= 11 is 5.76. The van der Waals surface area contributed by atoms with E-state index in [4.69, 9.17) is 5.73 Å².